The van der Waals surface area contributed by atoms with Gasteiger partial charge in [-0.1, -0.05) is 5.21 Å². The van der Waals surface area contributed by atoms with E-state index in [1.54, 1.807) is 22.9 Å². The number of unbranched alkanes of at least 4 members (excludes halogenated alkanes) is 1. The monoisotopic (exact) mass is 486 g/mol. The van der Waals surface area contributed by atoms with Crippen molar-refractivity contribution in [1.82, 2.24) is 29.9 Å². The fraction of sp³-hybridized carbons (Fsp3) is 0.478. The van der Waals surface area contributed by atoms with Gasteiger partial charge in [0.2, 0.25) is 17.8 Å². The van der Waals surface area contributed by atoms with Gasteiger partial charge in [-0.25, -0.2) is 23.4 Å². The van der Waals surface area contributed by atoms with Gasteiger partial charge in [0.15, 0.2) is 0 Å². The fourth-order valence-corrected chi connectivity index (χ4v) is 4.26. The van der Waals surface area contributed by atoms with Gasteiger partial charge in [-0.3, -0.25) is 9.59 Å². The maximum Gasteiger partial charge on any atom is 0.266 e. The number of carbonyl (C=O) groups is 2. The lowest BCUT2D eigenvalue weighted by Gasteiger charge is -2.36. The summed E-state index contributed by atoms with van der Waals surface area (Å²) in [6, 6.07) is 5.14. The van der Waals surface area contributed by atoms with Gasteiger partial charge in [0.25, 0.3) is 6.43 Å². The molecule has 1 saturated heterocycles. The number of rotatable bonds is 9. The van der Waals surface area contributed by atoms with Gasteiger partial charge >= 0.3 is 0 Å². The van der Waals surface area contributed by atoms with Gasteiger partial charge in [-0.2, -0.15) is 0 Å². The Hall–Kier alpha value is -3.70. The van der Waals surface area contributed by atoms with Crippen molar-refractivity contribution in [1.29, 1.82) is 0 Å². The number of aromatic nitrogens is 5. The average molecular weight is 487 g/mol. The summed E-state index contributed by atoms with van der Waals surface area (Å²) in [4.78, 5) is 36.0. The summed E-state index contributed by atoms with van der Waals surface area (Å²) >= 11 is 0. The molecule has 12 heteroatoms. The van der Waals surface area contributed by atoms with E-state index in [9.17, 15) is 18.4 Å². The minimum absolute atomic E-state index is 0.0837. The number of hydrogen-bond acceptors (Lipinski definition) is 7. The predicted octanol–water partition coefficient (Wildman–Crippen LogP) is 2.56. The van der Waals surface area contributed by atoms with Crippen molar-refractivity contribution in [3.63, 3.8) is 0 Å². The van der Waals surface area contributed by atoms with Crippen LogP contribution in [0.15, 0.2) is 30.6 Å². The number of amides is 2. The fourth-order valence-electron chi connectivity index (χ4n) is 4.26. The molecule has 0 bridgehead atoms. The molecule has 2 aromatic heterocycles. The maximum atomic E-state index is 12.7. The molecule has 0 aliphatic carbocycles. The van der Waals surface area contributed by atoms with Crippen LogP contribution in [0.3, 0.4) is 0 Å². The number of nitrogens with zero attached hydrogens (tertiary/aromatic N) is 7. The van der Waals surface area contributed by atoms with Crippen LogP contribution in [0, 0.1) is 0 Å². The Morgan fingerprint density at radius 3 is 2.54 bits per heavy atom. The van der Waals surface area contributed by atoms with Gasteiger partial charge in [0, 0.05) is 57.1 Å². The van der Waals surface area contributed by atoms with Crippen LogP contribution in [0.4, 0.5) is 14.7 Å². The van der Waals surface area contributed by atoms with Crippen molar-refractivity contribution in [2.24, 2.45) is 5.73 Å². The third kappa shape index (κ3) is 5.69. The van der Waals surface area contributed by atoms with Crippen LogP contribution >= 0.6 is 0 Å². The number of halogens is 2. The van der Waals surface area contributed by atoms with E-state index in [2.05, 4.69) is 20.3 Å². The Morgan fingerprint density at radius 2 is 1.89 bits per heavy atom. The first-order valence-corrected chi connectivity index (χ1v) is 11.6. The Kier molecular flexibility index (Phi) is 7.47. The van der Waals surface area contributed by atoms with Crippen LogP contribution < -0.4 is 10.6 Å². The molecule has 186 valence electrons. The molecule has 10 nitrogen and oxygen atoms in total. The first-order chi connectivity index (χ1) is 16.8. The lowest BCUT2D eigenvalue weighted by molar-refractivity contribution is -0.132. The molecule has 1 aliphatic rings. The number of aryl methyl sites for hydroxylation is 1. The molecule has 3 aromatic rings. The third-order valence-electron chi connectivity index (χ3n) is 6.41. The Bertz CT molecular complexity index is 1180. The zero-order valence-corrected chi connectivity index (χ0v) is 19.5. The number of fused-ring (bicyclic) bond motifs is 1. The molecular weight excluding hydrogens is 458 g/mol. The first-order valence-electron chi connectivity index (χ1n) is 11.6. The van der Waals surface area contributed by atoms with Crippen LogP contribution in [0.2, 0.25) is 0 Å². The molecular formula is C23H28F2N8O2. The molecule has 1 aliphatic heterocycles. The van der Waals surface area contributed by atoms with E-state index in [4.69, 9.17) is 5.73 Å². The van der Waals surface area contributed by atoms with E-state index in [0.29, 0.717) is 49.5 Å². The zero-order chi connectivity index (χ0) is 24.9. The number of alkyl halides is 2. The number of benzene rings is 1. The number of primary amides is 1. The third-order valence-corrected chi connectivity index (χ3v) is 6.41. The Labute approximate surface area is 201 Å². The summed E-state index contributed by atoms with van der Waals surface area (Å²) in [5.74, 6) is 0.0159. The summed E-state index contributed by atoms with van der Waals surface area (Å²) in [5, 5.41) is 8.24. The van der Waals surface area contributed by atoms with Gasteiger partial charge in [0.1, 0.15) is 5.52 Å². The van der Waals surface area contributed by atoms with Crippen LogP contribution in [0.5, 0.6) is 0 Å². The summed E-state index contributed by atoms with van der Waals surface area (Å²) < 4.78 is 27.1. The van der Waals surface area contributed by atoms with Crippen LogP contribution in [-0.4, -0.2) is 67.9 Å². The predicted molar refractivity (Wildman–Crippen MR) is 125 cm³/mol. The zero-order valence-electron chi connectivity index (χ0n) is 19.5. The summed E-state index contributed by atoms with van der Waals surface area (Å²) in [5.41, 5.74) is 6.99. The minimum atomic E-state index is -2.58. The molecule has 0 radical (unpaired) electrons. The van der Waals surface area contributed by atoms with Crippen molar-refractivity contribution in [2.75, 3.05) is 25.0 Å². The van der Waals surface area contributed by atoms with Crippen LogP contribution in [0.25, 0.3) is 11.0 Å². The van der Waals surface area contributed by atoms with Gasteiger partial charge in [-0.15, -0.1) is 5.10 Å². The SMILES string of the molecule is CN(C(=O)CCCCn1nnc2ccc(C(N)=O)cc21)C1CCN(c2ncc(C(F)F)cn2)CC1. The number of anilines is 1. The van der Waals surface area contributed by atoms with E-state index >= 15 is 0 Å². The maximum absolute atomic E-state index is 12.7. The second-order valence-corrected chi connectivity index (χ2v) is 8.68. The van der Waals surface area contributed by atoms with E-state index in [0.717, 1.165) is 37.2 Å². The normalized spacial score (nSPS) is 14.6. The molecule has 1 fully saturated rings. The number of carbonyl (C=O) groups excluding carboxylic acids is 2. The molecule has 0 saturated carbocycles. The molecule has 0 atom stereocenters. The molecule has 2 amide bonds. The van der Waals surface area contributed by atoms with Gasteiger partial charge in [0.05, 0.1) is 11.1 Å². The Balaban J connectivity index is 1.22. The first kappa shape index (κ1) is 24.4. The van der Waals surface area contributed by atoms with Gasteiger partial charge < -0.3 is 15.5 Å². The highest BCUT2D eigenvalue weighted by Gasteiger charge is 2.26. The van der Waals surface area contributed by atoms with Gasteiger partial charge in [-0.05, 0) is 43.9 Å². The minimum Gasteiger partial charge on any atom is -0.366 e. The molecule has 3 heterocycles. The quantitative estimate of drug-likeness (QED) is 0.461. The van der Waals surface area contributed by atoms with E-state index in [1.165, 1.54) is 0 Å². The van der Waals surface area contributed by atoms with Crippen molar-refractivity contribution in [2.45, 2.75) is 51.1 Å². The lowest BCUT2D eigenvalue weighted by atomic mass is 10.0. The van der Waals surface area contributed by atoms with E-state index in [1.807, 2.05) is 16.8 Å². The topological polar surface area (TPSA) is 123 Å². The lowest BCUT2D eigenvalue weighted by Crippen LogP contribution is -2.46. The van der Waals surface area contributed by atoms with E-state index < -0.39 is 12.3 Å². The highest BCUT2D eigenvalue weighted by Crippen LogP contribution is 2.22. The summed E-state index contributed by atoms with van der Waals surface area (Å²) in [7, 11) is 1.83. The number of nitrogens with two attached hydrogens (primary N) is 1. The van der Waals surface area contributed by atoms with Crippen molar-refractivity contribution >= 4 is 28.8 Å². The van der Waals surface area contributed by atoms with Crippen LogP contribution in [0.1, 0.15) is 54.5 Å². The smallest absolute Gasteiger partial charge is 0.266 e. The largest absolute Gasteiger partial charge is 0.366 e. The van der Waals surface area contributed by atoms with Crippen molar-refractivity contribution in [3.8, 4) is 0 Å². The average Bonchev–Trinajstić information content (AvgIpc) is 3.28. The van der Waals surface area contributed by atoms with Crippen molar-refractivity contribution in [3.05, 3.63) is 41.7 Å². The molecule has 35 heavy (non-hydrogen) atoms. The molecule has 4 rings (SSSR count). The summed E-state index contributed by atoms with van der Waals surface area (Å²) in [6.45, 7) is 1.89. The second-order valence-electron chi connectivity index (χ2n) is 8.68. The Morgan fingerprint density at radius 1 is 1.17 bits per heavy atom. The number of hydrogen-bond donors (Lipinski definition) is 1. The second kappa shape index (κ2) is 10.7. The molecule has 0 spiro atoms. The summed E-state index contributed by atoms with van der Waals surface area (Å²) in [6.07, 6.45) is 3.12. The van der Waals surface area contributed by atoms with E-state index in [-0.39, 0.29) is 17.5 Å². The molecule has 0 unspecified atom stereocenters. The van der Waals surface area contributed by atoms with Crippen molar-refractivity contribution < 1.29 is 18.4 Å². The molecule has 1 aromatic carbocycles. The number of piperidine rings is 1. The van der Waals surface area contributed by atoms with Crippen LogP contribution in [-0.2, 0) is 11.3 Å². The highest BCUT2D eigenvalue weighted by molar-refractivity contribution is 5.96. The standard InChI is InChI=1S/C23H28F2N8O2/c1-31(17-7-10-32(11-8-17)23-27-13-16(14-28-23)21(24)25)20(34)4-2-3-9-33-19-12-15(22(26)35)5-6-18(19)29-30-33/h5-6,12-14,17,21H,2-4,7-11H2,1H3,(H2,26,35). The highest BCUT2D eigenvalue weighted by atomic mass is 19.3. The molecule has 2 N–H and O–H groups in total.